The van der Waals surface area contributed by atoms with Crippen molar-refractivity contribution in [1.29, 1.82) is 0 Å². The third-order valence-corrected chi connectivity index (χ3v) is 9.51. The van der Waals surface area contributed by atoms with E-state index in [9.17, 15) is 14.9 Å². The Kier molecular flexibility index (Phi) is 5.25. The summed E-state index contributed by atoms with van der Waals surface area (Å²) in [5.41, 5.74) is 1.06. The van der Waals surface area contributed by atoms with Crippen molar-refractivity contribution >= 4 is 11.6 Å². The molecule has 37 heavy (non-hydrogen) atoms. The van der Waals surface area contributed by atoms with Crippen molar-refractivity contribution in [3.8, 4) is 11.5 Å². The minimum atomic E-state index is -0.366. The quantitative estimate of drug-likeness (QED) is 0.435. The second-order valence-electron chi connectivity index (χ2n) is 12.1. The maximum absolute atomic E-state index is 13.6. The summed E-state index contributed by atoms with van der Waals surface area (Å²) in [6.45, 7) is 4.35. The lowest BCUT2D eigenvalue weighted by molar-refractivity contribution is -0.385. The molecule has 10 heteroatoms. The van der Waals surface area contributed by atoms with Gasteiger partial charge in [0.25, 0.3) is 0 Å². The van der Waals surface area contributed by atoms with Gasteiger partial charge in [0.15, 0.2) is 11.5 Å². The molecule has 8 rings (SSSR count). The molecule has 2 atom stereocenters. The number of fused-ring (bicyclic) bond motifs is 1. The van der Waals surface area contributed by atoms with Crippen molar-refractivity contribution in [2.75, 3.05) is 33.0 Å². The second kappa shape index (κ2) is 8.44. The average molecular weight is 508 g/mol. The Labute approximate surface area is 215 Å². The summed E-state index contributed by atoms with van der Waals surface area (Å²) >= 11 is 0. The van der Waals surface area contributed by atoms with Gasteiger partial charge in [-0.1, -0.05) is 6.07 Å². The summed E-state index contributed by atoms with van der Waals surface area (Å²) < 4.78 is 12.8. The van der Waals surface area contributed by atoms with Crippen LogP contribution in [-0.4, -0.2) is 63.4 Å². The van der Waals surface area contributed by atoms with Gasteiger partial charge in [-0.2, -0.15) is 5.10 Å². The fourth-order valence-corrected chi connectivity index (χ4v) is 8.43. The van der Waals surface area contributed by atoms with Crippen molar-refractivity contribution in [2.45, 2.75) is 57.0 Å². The third-order valence-electron chi connectivity index (χ3n) is 9.51. The van der Waals surface area contributed by atoms with E-state index in [1.807, 2.05) is 10.7 Å². The zero-order valence-electron chi connectivity index (χ0n) is 21.0. The number of carbonyl (C=O) groups excluding carboxylic acids is 1. The number of hydrogen-bond donors (Lipinski definition) is 0. The van der Waals surface area contributed by atoms with Gasteiger partial charge in [-0.15, -0.1) is 0 Å². The maximum Gasteiger partial charge on any atom is 0.307 e. The van der Waals surface area contributed by atoms with Crippen LogP contribution >= 0.6 is 0 Å². The lowest BCUT2D eigenvalue weighted by Crippen LogP contribution is -2.58. The number of hydrogen-bond acceptors (Lipinski definition) is 7. The number of nitro groups is 1. The number of piperazine rings is 1. The molecule has 4 saturated carbocycles. The molecule has 1 aromatic carbocycles. The molecule has 2 unspecified atom stereocenters. The molecule has 3 heterocycles. The Morgan fingerprint density at radius 1 is 1.08 bits per heavy atom. The minimum absolute atomic E-state index is 0.00841. The van der Waals surface area contributed by atoms with Crippen LogP contribution in [-0.2, 0) is 16.9 Å². The van der Waals surface area contributed by atoms with Crippen molar-refractivity contribution < 1.29 is 19.2 Å². The largest absolute Gasteiger partial charge is 0.454 e. The lowest BCUT2D eigenvalue weighted by Gasteiger charge is -2.62. The normalized spacial score (nSPS) is 32.2. The Morgan fingerprint density at radius 2 is 1.84 bits per heavy atom. The van der Waals surface area contributed by atoms with Gasteiger partial charge >= 0.3 is 5.69 Å². The molecule has 0 N–H and O–H groups in total. The number of benzene rings is 1. The fraction of sp³-hybridized carbons (Fsp3) is 0.630. The summed E-state index contributed by atoms with van der Waals surface area (Å²) in [5, 5.41) is 15.7. The molecule has 10 nitrogen and oxygen atoms in total. The van der Waals surface area contributed by atoms with E-state index >= 15 is 0 Å². The Morgan fingerprint density at radius 3 is 2.57 bits per heavy atom. The summed E-state index contributed by atoms with van der Waals surface area (Å²) in [5.74, 6) is 3.04. The van der Waals surface area contributed by atoms with E-state index in [0.29, 0.717) is 18.3 Å². The molecular formula is C27H33N5O5. The molecule has 4 aliphatic carbocycles. The standard InChI is InChI=1S/C27H33N5O5/c33-25(30-5-3-29(4-6-30)15-19-1-2-23-24(8-19)37-18-36-23)13-26-9-20-7-21(10-26)12-27(11-20,17-26)31-16-22(14-28-31)32(34)35/h1-2,8,14,16,20-21H,3-7,9-13,15,17-18H2. The molecule has 6 aliphatic rings. The van der Waals surface area contributed by atoms with Gasteiger partial charge in [0.1, 0.15) is 12.4 Å². The Balaban J connectivity index is 0.999. The van der Waals surface area contributed by atoms with Crippen LogP contribution in [0.5, 0.6) is 11.5 Å². The first-order valence-electron chi connectivity index (χ1n) is 13.5. The smallest absolute Gasteiger partial charge is 0.307 e. The summed E-state index contributed by atoms with van der Waals surface area (Å²) in [6, 6.07) is 6.11. The van der Waals surface area contributed by atoms with E-state index in [2.05, 4.69) is 27.0 Å². The van der Waals surface area contributed by atoms with Gasteiger partial charge in [0.2, 0.25) is 12.7 Å². The molecule has 2 aliphatic heterocycles. The highest BCUT2D eigenvalue weighted by Crippen LogP contribution is 2.65. The van der Waals surface area contributed by atoms with E-state index in [4.69, 9.17) is 9.47 Å². The highest BCUT2D eigenvalue weighted by atomic mass is 16.7. The van der Waals surface area contributed by atoms with Crippen LogP contribution in [0.1, 0.15) is 50.5 Å². The lowest BCUT2D eigenvalue weighted by atomic mass is 9.46. The summed E-state index contributed by atoms with van der Waals surface area (Å²) in [7, 11) is 0. The molecule has 1 saturated heterocycles. The summed E-state index contributed by atoms with van der Waals surface area (Å²) in [4.78, 5) is 28.9. The van der Waals surface area contributed by atoms with Crippen molar-refractivity contribution in [3.63, 3.8) is 0 Å². The number of amides is 1. The van der Waals surface area contributed by atoms with Gasteiger partial charge in [-0.3, -0.25) is 24.5 Å². The van der Waals surface area contributed by atoms with Gasteiger partial charge in [0.05, 0.1) is 10.5 Å². The number of carbonyl (C=O) groups is 1. The highest BCUT2D eigenvalue weighted by Gasteiger charge is 2.59. The van der Waals surface area contributed by atoms with Gasteiger partial charge in [-0.05, 0) is 73.5 Å². The van der Waals surface area contributed by atoms with Crippen LogP contribution in [0.4, 0.5) is 5.69 Å². The van der Waals surface area contributed by atoms with Crippen molar-refractivity contribution in [1.82, 2.24) is 19.6 Å². The van der Waals surface area contributed by atoms with Crippen molar-refractivity contribution in [3.05, 3.63) is 46.3 Å². The monoisotopic (exact) mass is 507 g/mol. The maximum atomic E-state index is 13.6. The molecule has 1 amide bonds. The molecule has 5 fully saturated rings. The van der Waals surface area contributed by atoms with E-state index < -0.39 is 0 Å². The van der Waals surface area contributed by atoms with Crippen LogP contribution in [0, 0.1) is 27.4 Å². The molecule has 2 aromatic rings. The average Bonchev–Trinajstić information content (AvgIpc) is 3.54. The van der Waals surface area contributed by atoms with E-state index in [0.717, 1.165) is 76.3 Å². The van der Waals surface area contributed by atoms with Gasteiger partial charge < -0.3 is 14.4 Å². The Bertz CT molecular complexity index is 1220. The topological polar surface area (TPSA) is 103 Å². The zero-order chi connectivity index (χ0) is 25.2. The number of ether oxygens (including phenoxy) is 2. The van der Waals surface area contributed by atoms with Crippen LogP contribution < -0.4 is 9.47 Å². The van der Waals surface area contributed by atoms with Gasteiger partial charge in [-0.25, -0.2) is 0 Å². The minimum Gasteiger partial charge on any atom is -0.454 e. The molecule has 4 bridgehead atoms. The molecular weight excluding hydrogens is 474 g/mol. The molecule has 196 valence electrons. The van der Waals surface area contributed by atoms with Crippen LogP contribution in [0.15, 0.2) is 30.6 Å². The number of rotatable bonds is 6. The van der Waals surface area contributed by atoms with Crippen molar-refractivity contribution in [2.24, 2.45) is 17.3 Å². The highest BCUT2D eigenvalue weighted by molar-refractivity contribution is 5.77. The first-order chi connectivity index (χ1) is 17.9. The van der Waals surface area contributed by atoms with E-state index in [-0.39, 0.29) is 34.3 Å². The first kappa shape index (κ1) is 23.0. The number of aromatic nitrogens is 2. The predicted molar refractivity (Wildman–Crippen MR) is 133 cm³/mol. The first-order valence-corrected chi connectivity index (χ1v) is 13.5. The predicted octanol–water partition coefficient (Wildman–Crippen LogP) is 3.55. The molecule has 1 aromatic heterocycles. The fourth-order valence-electron chi connectivity index (χ4n) is 8.43. The number of nitrogens with zero attached hydrogens (tertiary/aromatic N) is 5. The van der Waals surface area contributed by atoms with Crippen LogP contribution in [0.25, 0.3) is 0 Å². The molecule has 0 spiro atoms. The third kappa shape index (κ3) is 4.05. The SMILES string of the molecule is O=C(CC12CC3CC(C1)CC(n1cc([N+](=O)[O-])cn1)(C3)C2)N1CCN(Cc2ccc3c(c2)OCO3)CC1. The molecule has 0 radical (unpaired) electrons. The van der Waals surface area contributed by atoms with Crippen LogP contribution in [0.2, 0.25) is 0 Å². The Hall–Kier alpha value is -3.14. The second-order valence-corrected chi connectivity index (χ2v) is 12.1. The van der Waals surface area contributed by atoms with Gasteiger partial charge in [0, 0.05) is 39.1 Å². The summed E-state index contributed by atoms with van der Waals surface area (Å²) in [6.07, 6.45) is 9.96. The van der Waals surface area contributed by atoms with Crippen LogP contribution in [0.3, 0.4) is 0 Å². The van der Waals surface area contributed by atoms with E-state index in [1.165, 1.54) is 18.2 Å². The zero-order valence-corrected chi connectivity index (χ0v) is 21.0. The van der Waals surface area contributed by atoms with E-state index in [1.54, 1.807) is 6.20 Å².